The van der Waals surface area contributed by atoms with Gasteiger partial charge in [-0.3, -0.25) is 4.79 Å². The Hall–Kier alpha value is -1.81. The molecule has 1 aromatic carbocycles. The Balaban J connectivity index is 1.83. The molecule has 0 fully saturated rings. The largest absolute Gasteiger partial charge is 0.350 e. The predicted molar refractivity (Wildman–Crippen MR) is 66.0 cm³/mol. The quantitative estimate of drug-likeness (QED) is 0.901. The van der Waals surface area contributed by atoms with Gasteiger partial charge in [-0.05, 0) is 24.3 Å². The predicted octanol–water partition coefficient (Wildman–Crippen LogP) is 1.97. The number of hydrogen-bond donors (Lipinski definition) is 1. The highest BCUT2D eigenvalue weighted by Gasteiger charge is 2.03. The monoisotopic (exact) mass is 249 g/mol. The lowest BCUT2D eigenvalue weighted by Crippen LogP contribution is -2.26. The molecule has 1 amide bonds. The van der Waals surface area contributed by atoms with E-state index in [4.69, 9.17) is 11.6 Å². The molecule has 2 rings (SSSR count). The molecule has 1 N–H and O–H groups in total. The van der Waals surface area contributed by atoms with Crippen LogP contribution in [0.2, 0.25) is 5.02 Å². The van der Waals surface area contributed by atoms with Crippen molar-refractivity contribution in [1.82, 2.24) is 14.9 Å². The van der Waals surface area contributed by atoms with Gasteiger partial charge in [0.1, 0.15) is 0 Å². The van der Waals surface area contributed by atoms with Gasteiger partial charge in [0.25, 0.3) is 5.91 Å². The molecular formula is C12H12ClN3O. The molecule has 1 heterocycles. The van der Waals surface area contributed by atoms with Crippen LogP contribution in [0.4, 0.5) is 0 Å². The topological polar surface area (TPSA) is 46.9 Å². The van der Waals surface area contributed by atoms with E-state index in [1.165, 1.54) is 0 Å². The second-order valence-electron chi connectivity index (χ2n) is 3.56. The second kappa shape index (κ2) is 5.50. The number of nitrogens with zero attached hydrogens (tertiary/aromatic N) is 2. The Morgan fingerprint density at radius 1 is 1.35 bits per heavy atom. The average Bonchev–Trinajstić information content (AvgIpc) is 2.83. The zero-order valence-electron chi connectivity index (χ0n) is 9.14. The number of carbonyl (C=O) groups is 1. The molecule has 0 aliphatic carbocycles. The number of rotatable bonds is 4. The minimum atomic E-state index is -0.0956. The van der Waals surface area contributed by atoms with Crippen molar-refractivity contribution in [2.75, 3.05) is 6.54 Å². The van der Waals surface area contributed by atoms with Gasteiger partial charge in [-0.1, -0.05) is 11.6 Å². The van der Waals surface area contributed by atoms with E-state index < -0.39 is 0 Å². The van der Waals surface area contributed by atoms with Crippen LogP contribution in [0.15, 0.2) is 43.0 Å². The molecule has 0 aliphatic rings. The van der Waals surface area contributed by atoms with Crippen molar-refractivity contribution >= 4 is 17.5 Å². The maximum Gasteiger partial charge on any atom is 0.251 e. The third-order valence-electron chi connectivity index (χ3n) is 2.32. The molecule has 0 spiro atoms. The van der Waals surface area contributed by atoms with Crippen LogP contribution in [0.25, 0.3) is 0 Å². The summed E-state index contributed by atoms with van der Waals surface area (Å²) in [7, 11) is 0. The molecule has 5 heteroatoms. The lowest BCUT2D eigenvalue weighted by molar-refractivity contribution is 0.0952. The van der Waals surface area contributed by atoms with Gasteiger partial charge in [-0.15, -0.1) is 0 Å². The molecule has 0 radical (unpaired) electrons. The van der Waals surface area contributed by atoms with E-state index >= 15 is 0 Å². The Bertz CT molecular complexity index is 479. The van der Waals surface area contributed by atoms with E-state index in [0.717, 1.165) is 0 Å². The van der Waals surface area contributed by atoms with Crippen molar-refractivity contribution in [2.45, 2.75) is 6.54 Å². The highest BCUT2D eigenvalue weighted by atomic mass is 35.5. The first-order valence-electron chi connectivity index (χ1n) is 5.25. The summed E-state index contributed by atoms with van der Waals surface area (Å²) in [6.07, 6.45) is 5.28. The van der Waals surface area contributed by atoms with Crippen LogP contribution in [0.3, 0.4) is 0 Å². The molecule has 88 valence electrons. The molecule has 2 aromatic rings. The first-order valence-corrected chi connectivity index (χ1v) is 5.63. The highest BCUT2D eigenvalue weighted by Crippen LogP contribution is 2.09. The summed E-state index contributed by atoms with van der Waals surface area (Å²) in [6, 6.07) is 6.81. The average molecular weight is 250 g/mol. The van der Waals surface area contributed by atoms with E-state index in [1.807, 2.05) is 10.8 Å². The molecule has 0 atom stereocenters. The van der Waals surface area contributed by atoms with Crippen LogP contribution >= 0.6 is 11.6 Å². The first kappa shape index (κ1) is 11.7. The van der Waals surface area contributed by atoms with Gasteiger partial charge < -0.3 is 9.88 Å². The summed E-state index contributed by atoms with van der Waals surface area (Å²) >= 11 is 5.75. The zero-order chi connectivity index (χ0) is 12.1. The SMILES string of the molecule is O=C(NCCn1ccnc1)c1ccc(Cl)cc1. The summed E-state index contributed by atoms with van der Waals surface area (Å²) in [5.41, 5.74) is 0.611. The summed E-state index contributed by atoms with van der Waals surface area (Å²) in [5, 5.41) is 3.45. The van der Waals surface area contributed by atoms with Crippen molar-refractivity contribution in [3.63, 3.8) is 0 Å². The number of imidazole rings is 1. The fraction of sp³-hybridized carbons (Fsp3) is 0.167. The van der Waals surface area contributed by atoms with E-state index in [2.05, 4.69) is 10.3 Å². The number of benzene rings is 1. The van der Waals surface area contributed by atoms with Crippen LogP contribution in [0.5, 0.6) is 0 Å². The molecule has 0 saturated heterocycles. The lowest BCUT2D eigenvalue weighted by atomic mass is 10.2. The number of aromatic nitrogens is 2. The smallest absolute Gasteiger partial charge is 0.251 e. The van der Waals surface area contributed by atoms with Gasteiger partial charge in [0.15, 0.2) is 0 Å². The fourth-order valence-electron chi connectivity index (χ4n) is 1.42. The number of amides is 1. The Morgan fingerprint density at radius 2 is 2.12 bits per heavy atom. The van der Waals surface area contributed by atoms with E-state index in [-0.39, 0.29) is 5.91 Å². The fourth-order valence-corrected chi connectivity index (χ4v) is 1.55. The van der Waals surface area contributed by atoms with Gasteiger partial charge in [-0.2, -0.15) is 0 Å². The molecule has 0 aliphatic heterocycles. The molecule has 17 heavy (non-hydrogen) atoms. The summed E-state index contributed by atoms with van der Waals surface area (Å²) in [4.78, 5) is 15.6. The van der Waals surface area contributed by atoms with Crippen LogP contribution in [0.1, 0.15) is 10.4 Å². The highest BCUT2D eigenvalue weighted by molar-refractivity contribution is 6.30. The van der Waals surface area contributed by atoms with Crippen molar-refractivity contribution < 1.29 is 4.79 Å². The summed E-state index contributed by atoms with van der Waals surface area (Å²) in [6.45, 7) is 1.27. The Kier molecular flexibility index (Phi) is 3.77. The molecule has 0 saturated carbocycles. The third-order valence-corrected chi connectivity index (χ3v) is 2.57. The van der Waals surface area contributed by atoms with Crippen LogP contribution in [-0.2, 0) is 6.54 Å². The van der Waals surface area contributed by atoms with Gasteiger partial charge >= 0.3 is 0 Å². The summed E-state index contributed by atoms with van der Waals surface area (Å²) in [5.74, 6) is -0.0956. The zero-order valence-corrected chi connectivity index (χ0v) is 9.89. The van der Waals surface area contributed by atoms with E-state index in [9.17, 15) is 4.79 Å². The van der Waals surface area contributed by atoms with Crippen molar-refractivity contribution in [3.8, 4) is 0 Å². The minimum absolute atomic E-state index is 0.0956. The number of halogens is 1. The van der Waals surface area contributed by atoms with Gasteiger partial charge in [-0.25, -0.2) is 4.98 Å². The maximum atomic E-state index is 11.7. The number of nitrogens with one attached hydrogen (secondary N) is 1. The first-order chi connectivity index (χ1) is 8.25. The minimum Gasteiger partial charge on any atom is -0.350 e. The molecule has 0 unspecified atom stereocenters. The van der Waals surface area contributed by atoms with E-state index in [0.29, 0.717) is 23.7 Å². The Labute approximate surface area is 104 Å². The van der Waals surface area contributed by atoms with Crippen LogP contribution in [0, 0.1) is 0 Å². The van der Waals surface area contributed by atoms with Gasteiger partial charge in [0.2, 0.25) is 0 Å². The molecule has 1 aromatic heterocycles. The third kappa shape index (κ3) is 3.32. The Morgan fingerprint density at radius 3 is 2.76 bits per heavy atom. The number of hydrogen-bond acceptors (Lipinski definition) is 2. The normalized spacial score (nSPS) is 10.2. The van der Waals surface area contributed by atoms with E-state index in [1.54, 1.807) is 36.8 Å². The molecule has 4 nitrogen and oxygen atoms in total. The van der Waals surface area contributed by atoms with Crippen molar-refractivity contribution in [2.24, 2.45) is 0 Å². The van der Waals surface area contributed by atoms with Crippen LogP contribution in [-0.4, -0.2) is 22.0 Å². The molecular weight excluding hydrogens is 238 g/mol. The standard InChI is InChI=1S/C12H12ClN3O/c13-11-3-1-10(2-4-11)12(17)15-6-8-16-7-5-14-9-16/h1-5,7,9H,6,8H2,(H,15,17). The van der Waals surface area contributed by atoms with Gasteiger partial charge in [0, 0.05) is 36.1 Å². The summed E-state index contributed by atoms with van der Waals surface area (Å²) < 4.78 is 1.90. The molecule has 0 bridgehead atoms. The maximum absolute atomic E-state index is 11.7. The second-order valence-corrected chi connectivity index (χ2v) is 4.00. The number of carbonyl (C=O) groups excluding carboxylic acids is 1. The lowest BCUT2D eigenvalue weighted by Gasteiger charge is -2.05. The van der Waals surface area contributed by atoms with Crippen molar-refractivity contribution in [3.05, 3.63) is 53.6 Å². The van der Waals surface area contributed by atoms with Gasteiger partial charge in [0.05, 0.1) is 6.33 Å². The van der Waals surface area contributed by atoms with Crippen molar-refractivity contribution in [1.29, 1.82) is 0 Å². The van der Waals surface area contributed by atoms with Crippen LogP contribution < -0.4 is 5.32 Å².